The van der Waals surface area contributed by atoms with Crippen LogP contribution in [0.2, 0.25) is 0 Å². The van der Waals surface area contributed by atoms with E-state index in [1.54, 1.807) is 6.07 Å². The Kier molecular flexibility index (Phi) is 7.84. The number of ether oxygens (including phenoxy) is 1. The molecule has 0 bridgehead atoms. The van der Waals surface area contributed by atoms with Crippen LogP contribution in [-0.2, 0) is 27.1 Å². The van der Waals surface area contributed by atoms with Gasteiger partial charge in [-0.25, -0.2) is 13.1 Å². The molecule has 1 aromatic rings. The molecule has 0 aromatic heterocycles. The van der Waals surface area contributed by atoms with Gasteiger partial charge in [0.25, 0.3) is 0 Å². The van der Waals surface area contributed by atoms with Gasteiger partial charge in [-0.2, -0.15) is 0 Å². The molecule has 0 aliphatic heterocycles. The van der Waals surface area contributed by atoms with Gasteiger partial charge in [-0.1, -0.05) is 24.3 Å². The first kappa shape index (κ1) is 18.1. The summed E-state index contributed by atoms with van der Waals surface area (Å²) in [4.78, 5) is 2.01. The lowest BCUT2D eigenvalue weighted by Crippen LogP contribution is -2.29. The highest BCUT2D eigenvalue weighted by Crippen LogP contribution is 2.08. The Labute approximate surface area is 127 Å². The molecule has 0 spiro atoms. The molecular weight excluding hydrogens is 290 g/mol. The number of benzene rings is 1. The van der Waals surface area contributed by atoms with Crippen molar-refractivity contribution in [1.82, 2.24) is 9.62 Å². The van der Waals surface area contributed by atoms with Crippen molar-refractivity contribution in [2.75, 3.05) is 40.4 Å². The van der Waals surface area contributed by atoms with Crippen molar-refractivity contribution in [3.05, 3.63) is 35.4 Å². The van der Waals surface area contributed by atoms with Crippen LogP contribution >= 0.6 is 0 Å². The molecule has 0 fully saturated rings. The number of hydrogen-bond acceptors (Lipinski definition) is 5. The first-order valence-corrected chi connectivity index (χ1v) is 8.56. The molecule has 1 rings (SSSR count). The van der Waals surface area contributed by atoms with Gasteiger partial charge in [0.15, 0.2) is 0 Å². The molecule has 21 heavy (non-hydrogen) atoms. The molecule has 0 aliphatic rings. The highest BCUT2D eigenvalue weighted by molar-refractivity contribution is 7.88. The van der Waals surface area contributed by atoms with Crippen LogP contribution in [0.25, 0.3) is 0 Å². The van der Waals surface area contributed by atoms with E-state index in [-0.39, 0.29) is 12.3 Å². The van der Waals surface area contributed by atoms with E-state index in [1.807, 2.05) is 37.2 Å². The average molecular weight is 315 g/mol. The largest absolute Gasteiger partial charge is 0.379 e. The molecule has 0 saturated carbocycles. The second-order valence-corrected chi connectivity index (χ2v) is 6.90. The zero-order chi connectivity index (χ0) is 15.7. The second-order valence-electron chi connectivity index (χ2n) is 5.09. The van der Waals surface area contributed by atoms with Crippen molar-refractivity contribution in [3.8, 4) is 0 Å². The summed E-state index contributed by atoms with van der Waals surface area (Å²) in [5.41, 5.74) is 7.21. The van der Waals surface area contributed by atoms with Crippen LogP contribution in [-0.4, -0.2) is 53.7 Å². The van der Waals surface area contributed by atoms with Gasteiger partial charge >= 0.3 is 0 Å². The number of nitrogens with one attached hydrogen (secondary N) is 1. The number of sulfonamides is 1. The van der Waals surface area contributed by atoms with Gasteiger partial charge in [0.05, 0.1) is 19.0 Å². The third-order valence-electron chi connectivity index (χ3n) is 2.83. The molecule has 0 unspecified atom stereocenters. The summed E-state index contributed by atoms with van der Waals surface area (Å²) in [5.74, 6) is -0.0431. The van der Waals surface area contributed by atoms with Crippen LogP contribution in [0.3, 0.4) is 0 Å². The molecule has 7 heteroatoms. The van der Waals surface area contributed by atoms with E-state index in [1.165, 1.54) is 0 Å². The lowest BCUT2D eigenvalue weighted by atomic mass is 10.1. The van der Waals surface area contributed by atoms with Gasteiger partial charge < -0.3 is 15.4 Å². The van der Waals surface area contributed by atoms with Crippen molar-refractivity contribution in [2.24, 2.45) is 5.73 Å². The Balaban J connectivity index is 2.33. The van der Waals surface area contributed by atoms with Gasteiger partial charge in [0, 0.05) is 19.6 Å². The molecular formula is C14H25N3O3S. The zero-order valence-electron chi connectivity index (χ0n) is 12.7. The predicted octanol–water partition coefficient (Wildman–Crippen LogP) is 0.143. The van der Waals surface area contributed by atoms with Crippen LogP contribution in [0.15, 0.2) is 24.3 Å². The highest BCUT2D eigenvalue weighted by Gasteiger charge is 2.11. The predicted molar refractivity (Wildman–Crippen MR) is 84.3 cm³/mol. The maximum atomic E-state index is 11.9. The third-order valence-corrected chi connectivity index (χ3v) is 4.19. The van der Waals surface area contributed by atoms with E-state index in [4.69, 9.17) is 10.5 Å². The van der Waals surface area contributed by atoms with Gasteiger partial charge in [-0.05, 0) is 25.2 Å². The smallest absolute Gasteiger partial charge is 0.215 e. The summed E-state index contributed by atoms with van der Waals surface area (Å²) in [6, 6.07) is 7.29. The first-order valence-electron chi connectivity index (χ1n) is 6.90. The molecule has 0 radical (unpaired) electrons. The van der Waals surface area contributed by atoms with Crippen LogP contribution in [0.5, 0.6) is 0 Å². The van der Waals surface area contributed by atoms with E-state index >= 15 is 0 Å². The normalized spacial score (nSPS) is 12.0. The van der Waals surface area contributed by atoms with Crippen molar-refractivity contribution in [1.29, 1.82) is 0 Å². The average Bonchev–Trinajstić information content (AvgIpc) is 2.42. The lowest BCUT2D eigenvalue weighted by molar-refractivity contribution is 0.122. The van der Waals surface area contributed by atoms with Crippen molar-refractivity contribution in [2.45, 2.75) is 12.3 Å². The maximum Gasteiger partial charge on any atom is 0.215 e. The first-order chi connectivity index (χ1) is 9.93. The van der Waals surface area contributed by atoms with Crippen LogP contribution < -0.4 is 10.5 Å². The topological polar surface area (TPSA) is 84.7 Å². The monoisotopic (exact) mass is 315 g/mol. The number of likely N-dealkylation sites (N-methyl/N-ethyl adjacent to an activating group) is 1. The van der Waals surface area contributed by atoms with E-state index in [0.29, 0.717) is 19.8 Å². The fraction of sp³-hybridized carbons (Fsp3) is 0.571. The summed E-state index contributed by atoms with van der Waals surface area (Å²) >= 11 is 0. The molecule has 1 aromatic carbocycles. The third kappa shape index (κ3) is 8.13. The van der Waals surface area contributed by atoms with Crippen molar-refractivity contribution < 1.29 is 13.2 Å². The molecule has 0 aliphatic carbocycles. The molecule has 3 N–H and O–H groups in total. The molecule has 0 heterocycles. The van der Waals surface area contributed by atoms with E-state index in [2.05, 4.69) is 4.72 Å². The van der Waals surface area contributed by atoms with Gasteiger partial charge in [0.2, 0.25) is 10.0 Å². The van der Waals surface area contributed by atoms with Crippen LogP contribution in [0, 0.1) is 0 Å². The fourth-order valence-electron chi connectivity index (χ4n) is 1.74. The quantitative estimate of drug-likeness (QED) is 0.600. The minimum absolute atomic E-state index is 0.0431. The summed E-state index contributed by atoms with van der Waals surface area (Å²) < 4.78 is 31.7. The molecule has 6 nitrogen and oxygen atoms in total. The Morgan fingerprint density at radius 1 is 1.24 bits per heavy atom. The number of nitrogens with two attached hydrogens (primary N) is 1. The summed E-state index contributed by atoms with van der Waals surface area (Å²) in [6.07, 6.45) is 0. The number of hydrogen-bond donors (Lipinski definition) is 2. The van der Waals surface area contributed by atoms with Gasteiger partial charge in [-0.15, -0.1) is 0 Å². The summed E-state index contributed by atoms with van der Waals surface area (Å²) in [5, 5.41) is 0. The Bertz CT molecular complexity index is 518. The minimum Gasteiger partial charge on any atom is -0.379 e. The van der Waals surface area contributed by atoms with Crippen molar-refractivity contribution in [3.63, 3.8) is 0 Å². The summed E-state index contributed by atoms with van der Waals surface area (Å²) in [6.45, 7) is 2.47. The Morgan fingerprint density at radius 3 is 2.62 bits per heavy atom. The molecule has 0 atom stereocenters. The maximum absolute atomic E-state index is 11.9. The SMILES string of the molecule is CN(C)CCOCCNS(=O)(=O)Cc1cccc(CN)c1. The number of nitrogens with zero attached hydrogens (tertiary/aromatic N) is 1. The Morgan fingerprint density at radius 2 is 1.95 bits per heavy atom. The van der Waals surface area contributed by atoms with E-state index < -0.39 is 10.0 Å². The zero-order valence-corrected chi connectivity index (χ0v) is 13.5. The Hall–Kier alpha value is -0.990. The molecule has 0 amide bonds. The number of rotatable bonds is 10. The molecule has 120 valence electrons. The highest BCUT2D eigenvalue weighted by atomic mass is 32.2. The second kappa shape index (κ2) is 9.11. The minimum atomic E-state index is -3.34. The van der Waals surface area contributed by atoms with Crippen LogP contribution in [0.4, 0.5) is 0 Å². The summed E-state index contributed by atoms with van der Waals surface area (Å²) in [7, 11) is 0.575. The lowest BCUT2D eigenvalue weighted by Gasteiger charge is -2.11. The van der Waals surface area contributed by atoms with Crippen LogP contribution in [0.1, 0.15) is 11.1 Å². The van der Waals surface area contributed by atoms with Gasteiger partial charge in [-0.3, -0.25) is 0 Å². The van der Waals surface area contributed by atoms with E-state index in [9.17, 15) is 8.42 Å². The van der Waals surface area contributed by atoms with E-state index in [0.717, 1.165) is 17.7 Å². The molecule has 0 saturated heterocycles. The standard InChI is InChI=1S/C14H25N3O3S/c1-17(2)7-9-20-8-6-16-21(18,19)12-14-5-3-4-13(10-14)11-15/h3-5,10,16H,6-9,11-12,15H2,1-2H3. The van der Waals surface area contributed by atoms with Gasteiger partial charge in [0.1, 0.15) is 0 Å². The fourth-order valence-corrected chi connectivity index (χ4v) is 2.85. The van der Waals surface area contributed by atoms with Crippen molar-refractivity contribution >= 4 is 10.0 Å².